The first kappa shape index (κ1) is 20.3. The lowest BCUT2D eigenvalue weighted by atomic mass is 10.2. The van der Waals surface area contributed by atoms with Crippen LogP contribution in [0.1, 0.15) is 12.2 Å². The molecule has 0 unspecified atom stereocenters. The molecule has 0 spiro atoms. The van der Waals surface area contributed by atoms with E-state index in [4.69, 9.17) is 0 Å². The second-order valence-electron chi connectivity index (χ2n) is 6.81. The van der Waals surface area contributed by atoms with Crippen molar-refractivity contribution in [1.29, 1.82) is 0 Å². The first-order valence-corrected chi connectivity index (χ1v) is 9.29. The number of aromatic nitrogens is 4. The van der Waals surface area contributed by atoms with E-state index in [1.165, 1.54) is 39.7 Å². The Labute approximate surface area is 173 Å². The number of benzene rings is 2. The molecule has 1 N–H and O–H groups in total. The van der Waals surface area contributed by atoms with Gasteiger partial charge in [-0.05, 0) is 43.3 Å². The van der Waals surface area contributed by atoms with Crippen molar-refractivity contribution in [1.82, 2.24) is 19.3 Å². The van der Waals surface area contributed by atoms with Crippen LogP contribution in [0, 0.1) is 24.4 Å². The van der Waals surface area contributed by atoms with E-state index in [1.807, 2.05) is 0 Å². The van der Waals surface area contributed by atoms with Gasteiger partial charge in [0.25, 0.3) is 5.56 Å². The van der Waals surface area contributed by atoms with Crippen LogP contribution in [0.25, 0.3) is 16.7 Å². The molecular weight excluding hydrogens is 411 g/mol. The normalized spacial score (nSPS) is 11.1. The lowest BCUT2D eigenvalue weighted by Gasteiger charge is -2.11. The Bertz CT molecular complexity index is 1350. The van der Waals surface area contributed by atoms with E-state index in [9.17, 15) is 22.8 Å². The van der Waals surface area contributed by atoms with Gasteiger partial charge in [0.15, 0.2) is 5.65 Å². The summed E-state index contributed by atoms with van der Waals surface area (Å²) >= 11 is 0. The van der Waals surface area contributed by atoms with Gasteiger partial charge in [0.05, 0.1) is 17.6 Å². The predicted octanol–water partition coefficient (Wildman–Crippen LogP) is 3.34. The number of carbonyl (C=O) groups is 1. The molecule has 0 saturated heterocycles. The molecule has 0 atom stereocenters. The Morgan fingerprint density at radius 1 is 1.06 bits per heavy atom. The fraction of sp³-hybridized carbons (Fsp3) is 0.143. The maximum absolute atomic E-state index is 13.7. The first-order chi connectivity index (χ1) is 14.8. The summed E-state index contributed by atoms with van der Waals surface area (Å²) in [6.45, 7) is 1.62. The summed E-state index contributed by atoms with van der Waals surface area (Å²) in [5, 5.41) is 6.76. The van der Waals surface area contributed by atoms with Gasteiger partial charge >= 0.3 is 0 Å². The number of halogens is 3. The van der Waals surface area contributed by atoms with Crippen LogP contribution >= 0.6 is 0 Å². The third kappa shape index (κ3) is 4.04. The van der Waals surface area contributed by atoms with Crippen molar-refractivity contribution in [3.05, 3.63) is 82.3 Å². The minimum absolute atomic E-state index is 0.00395. The maximum Gasteiger partial charge on any atom is 0.264 e. The monoisotopic (exact) mass is 427 g/mol. The van der Waals surface area contributed by atoms with Crippen molar-refractivity contribution >= 4 is 22.6 Å². The summed E-state index contributed by atoms with van der Waals surface area (Å²) in [5.74, 6) is -2.23. The highest BCUT2D eigenvalue weighted by Crippen LogP contribution is 2.17. The first-order valence-electron chi connectivity index (χ1n) is 9.29. The number of hydrogen-bond acceptors (Lipinski definition) is 4. The lowest BCUT2D eigenvalue weighted by Crippen LogP contribution is -2.26. The zero-order valence-electron chi connectivity index (χ0n) is 16.3. The number of amides is 1. The summed E-state index contributed by atoms with van der Waals surface area (Å²) in [6, 6.07) is 8.41. The van der Waals surface area contributed by atoms with Gasteiger partial charge in [-0.15, -0.1) is 0 Å². The van der Waals surface area contributed by atoms with Crippen LogP contribution in [0.15, 0.2) is 53.5 Å². The minimum atomic E-state index is -0.891. The molecule has 158 valence electrons. The molecule has 0 radical (unpaired) electrons. The molecule has 4 rings (SSSR count). The van der Waals surface area contributed by atoms with E-state index in [0.717, 1.165) is 12.1 Å². The molecule has 10 heteroatoms. The number of aryl methyl sites for hydroxylation is 1. The van der Waals surface area contributed by atoms with Crippen molar-refractivity contribution < 1.29 is 18.0 Å². The third-order valence-corrected chi connectivity index (χ3v) is 4.72. The largest absolute Gasteiger partial charge is 0.324 e. The Balaban J connectivity index is 1.56. The fourth-order valence-electron chi connectivity index (χ4n) is 3.16. The molecule has 0 aliphatic carbocycles. The van der Waals surface area contributed by atoms with Gasteiger partial charge in [0.2, 0.25) is 5.91 Å². The van der Waals surface area contributed by atoms with Gasteiger partial charge in [-0.25, -0.2) is 22.8 Å². The Morgan fingerprint density at radius 3 is 2.48 bits per heavy atom. The molecule has 0 fully saturated rings. The average Bonchev–Trinajstić information content (AvgIpc) is 3.14. The summed E-state index contributed by atoms with van der Waals surface area (Å²) < 4.78 is 42.6. The SMILES string of the molecule is Cc1nc2c(cnn2-c2ccc(F)cc2)c(=O)n1CCC(=O)Nc1ccc(F)cc1F. The molecular formula is C21H16F3N5O2. The van der Waals surface area contributed by atoms with Crippen LogP contribution in [-0.4, -0.2) is 25.2 Å². The minimum Gasteiger partial charge on any atom is -0.324 e. The second kappa shape index (κ2) is 8.05. The number of fused-ring (bicyclic) bond motifs is 1. The smallest absolute Gasteiger partial charge is 0.264 e. The molecule has 0 aliphatic heterocycles. The van der Waals surface area contributed by atoms with Gasteiger partial charge in [-0.3, -0.25) is 14.2 Å². The number of anilines is 1. The molecule has 7 nitrogen and oxygen atoms in total. The van der Waals surface area contributed by atoms with Crippen molar-refractivity contribution in [2.75, 3.05) is 5.32 Å². The number of rotatable bonds is 5. The quantitative estimate of drug-likeness (QED) is 0.530. The van der Waals surface area contributed by atoms with Crippen molar-refractivity contribution in [2.45, 2.75) is 19.9 Å². The van der Waals surface area contributed by atoms with Gasteiger partial charge in [0, 0.05) is 19.0 Å². The summed E-state index contributed by atoms with van der Waals surface area (Å²) in [6.07, 6.45) is 1.23. The molecule has 0 bridgehead atoms. The van der Waals surface area contributed by atoms with Gasteiger partial charge < -0.3 is 5.32 Å². The average molecular weight is 427 g/mol. The standard InChI is InChI=1S/C21H16F3N5O2/c1-12-26-20-16(11-25-29(20)15-5-2-13(22)3-6-15)21(31)28(12)9-8-19(30)27-18-7-4-14(23)10-17(18)24/h2-7,10-11H,8-9H2,1H3,(H,27,30). The molecule has 2 aromatic carbocycles. The Morgan fingerprint density at radius 2 is 1.77 bits per heavy atom. The van der Waals surface area contributed by atoms with Crippen LogP contribution in [0.4, 0.5) is 18.9 Å². The topological polar surface area (TPSA) is 81.8 Å². The summed E-state index contributed by atoms with van der Waals surface area (Å²) in [5.41, 5.74) is 0.311. The molecule has 2 aromatic heterocycles. The maximum atomic E-state index is 13.7. The fourth-order valence-corrected chi connectivity index (χ4v) is 3.16. The third-order valence-electron chi connectivity index (χ3n) is 4.72. The van der Waals surface area contributed by atoms with E-state index >= 15 is 0 Å². The molecule has 0 saturated carbocycles. The zero-order valence-corrected chi connectivity index (χ0v) is 16.3. The number of nitrogens with zero attached hydrogens (tertiary/aromatic N) is 4. The van der Waals surface area contributed by atoms with Crippen molar-refractivity contribution in [2.24, 2.45) is 0 Å². The molecule has 1 amide bonds. The van der Waals surface area contributed by atoms with Crippen LogP contribution < -0.4 is 10.9 Å². The molecule has 4 aromatic rings. The van der Waals surface area contributed by atoms with Crippen molar-refractivity contribution in [3.63, 3.8) is 0 Å². The van der Waals surface area contributed by atoms with Crippen LogP contribution in [0.2, 0.25) is 0 Å². The highest BCUT2D eigenvalue weighted by Gasteiger charge is 2.15. The Kier molecular flexibility index (Phi) is 5.28. The van der Waals surface area contributed by atoms with E-state index in [1.54, 1.807) is 6.92 Å². The van der Waals surface area contributed by atoms with Crippen molar-refractivity contribution in [3.8, 4) is 5.69 Å². The second-order valence-corrected chi connectivity index (χ2v) is 6.81. The molecule has 2 heterocycles. The highest BCUT2D eigenvalue weighted by molar-refractivity contribution is 5.90. The number of carbonyl (C=O) groups excluding carboxylic acids is 1. The highest BCUT2D eigenvalue weighted by atomic mass is 19.1. The number of hydrogen-bond donors (Lipinski definition) is 1. The lowest BCUT2D eigenvalue weighted by molar-refractivity contribution is -0.116. The summed E-state index contributed by atoms with van der Waals surface area (Å²) in [7, 11) is 0. The van der Waals surface area contributed by atoms with E-state index < -0.39 is 28.9 Å². The van der Waals surface area contributed by atoms with Crippen LogP contribution in [0.5, 0.6) is 0 Å². The number of nitrogens with one attached hydrogen (secondary N) is 1. The Hall–Kier alpha value is -3.95. The van der Waals surface area contributed by atoms with Gasteiger partial charge in [-0.2, -0.15) is 5.10 Å². The zero-order chi connectivity index (χ0) is 22.1. The summed E-state index contributed by atoms with van der Waals surface area (Å²) in [4.78, 5) is 29.5. The molecule has 31 heavy (non-hydrogen) atoms. The van der Waals surface area contributed by atoms with E-state index in [2.05, 4.69) is 15.4 Å². The van der Waals surface area contributed by atoms with Crippen LogP contribution in [0.3, 0.4) is 0 Å². The molecule has 0 aliphatic rings. The predicted molar refractivity (Wildman–Crippen MR) is 107 cm³/mol. The van der Waals surface area contributed by atoms with Gasteiger partial charge in [-0.1, -0.05) is 0 Å². The van der Waals surface area contributed by atoms with Gasteiger partial charge in [0.1, 0.15) is 28.7 Å². The van der Waals surface area contributed by atoms with E-state index in [0.29, 0.717) is 23.2 Å². The van der Waals surface area contributed by atoms with Crippen LogP contribution in [-0.2, 0) is 11.3 Å². The van der Waals surface area contributed by atoms with E-state index in [-0.39, 0.29) is 24.0 Å².